The highest BCUT2D eigenvalue weighted by Crippen LogP contribution is 2.23. The second kappa shape index (κ2) is 8.60. The number of carbonyl (C=O) groups excluding carboxylic acids is 2. The lowest BCUT2D eigenvalue weighted by atomic mass is 10.2. The molecule has 0 bridgehead atoms. The lowest BCUT2D eigenvalue weighted by molar-refractivity contribution is -0.119. The summed E-state index contributed by atoms with van der Waals surface area (Å²) in [6.07, 6.45) is 0. The quantitative estimate of drug-likeness (QED) is 0.647. The number of benzene rings is 2. The van der Waals surface area contributed by atoms with E-state index in [2.05, 4.69) is 10.4 Å². The minimum atomic E-state index is -0.577. The van der Waals surface area contributed by atoms with Crippen LogP contribution in [0.4, 0.5) is 5.69 Å². The van der Waals surface area contributed by atoms with Crippen LogP contribution in [-0.2, 0) is 9.53 Å². The first-order valence-electron chi connectivity index (χ1n) is 9.13. The fraction of sp³-hybridized carbons (Fsp3) is 0.227. The van der Waals surface area contributed by atoms with Crippen molar-refractivity contribution in [3.8, 4) is 11.4 Å². The summed E-state index contributed by atoms with van der Waals surface area (Å²) in [5, 5.41) is 7.29. The van der Waals surface area contributed by atoms with Crippen molar-refractivity contribution in [3.63, 3.8) is 0 Å². The fourth-order valence-electron chi connectivity index (χ4n) is 2.88. The minimum absolute atomic E-state index is 0.346. The Morgan fingerprint density at radius 2 is 1.66 bits per heavy atom. The molecule has 0 fully saturated rings. The van der Waals surface area contributed by atoms with E-state index in [1.165, 1.54) is 0 Å². The van der Waals surface area contributed by atoms with Gasteiger partial charge in [0.25, 0.3) is 5.91 Å². The number of methoxy groups -OCH3 is 1. The van der Waals surface area contributed by atoms with Crippen LogP contribution >= 0.6 is 0 Å². The Morgan fingerprint density at radius 1 is 1.00 bits per heavy atom. The smallest absolute Gasteiger partial charge is 0.338 e. The molecule has 1 amide bonds. The molecule has 1 heterocycles. The van der Waals surface area contributed by atoms with E-state index in [1.54, 1.807) is 36.1 Å². The van der Waals surface area contributed by atoms with Crippen LogP contribution in [0.25, 0.3) is 5.69 Å². The number of aryl methyl sites for hydroxylation is 2. The Kier molecular flexibility index (Phi) is 5.97. The zero-order chi connectivity index (χ0) is 21.0. The monoisotopic (exact) mass is 393 g/mol. The molecule has 7 heteroatoms. The molecular weight excluding hydrogens is 370 g/mol. The molecule has 3 aromatic rings. The van der Waals surface area contributed by atoms with E-state index in [1.807, 2.05) is 45.0 Å². The third-order valence-corrected chi connectivity index (χ3v) is 4.49. The van der Waals surface area contributed by atoms with E-state index in [0.29, 0.717) is 22.7 Å². The maximum absolute atomic E-state index is 12.3. The third-order valence-electron chi connectivity index (χ3n) is 4.49. The molecular formula is C22H23N3O4. The van der Waals surface area contributed by atoms with Gasteiger partial charge in [-0.05, 0) is 57.2 Å². The fourth-order valence-corrected chi connectivity index (χ4v) is 2.88. The molecule has 0 aliphatic carbocycles. The molecule has 1 aromatic heterocycles. The number of nitrogens with one attached hydrogen (secondary N) is 1. The van der Waals surface area contributed by atoms with Gasteiger partial charge in [-0.25, -0.2) is 9.48 Å². The van der Waals surface area contributed by atoms with Gasteiger partial charge in [-0.1, -0.05) is 17.7 Å². The summed E-state index contributed by atoms with van der Waals surface area (Å²) in [6.45, 7) is 5.32. The number of amides is 1. The summed E-state index contributed by atoms with van der Waals surface area (Å²) in [5.41, 5.74) is 4.48. The Morgan fingerprint density at radius 3 is 2.28 bits per heavy atom. The molecule has 29 heavy (non-hydrogen) atoms. The van der Waals surface area contributed by atoms with Crippen LogP contribution < -0.4 is 10.1 Å². The maximum Gasteiger partial charge on any atom is 0.338 e. The maximum atomic E-state index is 12.3. The van der Waals surface area contributed by atoms with Gasteiger partial charge in [0.2, 0.25) is 0 Å². The molecule has 0 radical (unpaired) electrons. The Hall–Kier alpha value is -3.61. The highest BCUT2D eigenvalue weighted by molar-refractivity contribution is 5.96. The highest BCUT2D eigenvalue weighted by atomic mass is 16.5. The summed E-state index contributed by atoms with van der Waals surface area (Å²) in [7, 11) is 1.54. The van der Waals surface area contributed by atoms with Crippen LogP contribution in [0.5, 0.6) is 5.75 Å². The Balaban J connectivity index is 1.64. The predicted molar refractivity (Wildman–Crippen MR) is 110 cm³/mol. The molecule has 150 valence electrons. The van der Waals surface area contributed by atoms with Crippen LogP contribution in [0.3, 0.4) is 0 Å². The molecule has 0 unspecified atom stereocenters. The summed E-state index contributed by atoms with van der Waals surface area (Å²) >= 11 is 0. The standard InChI is InChI=1S/C22H23N3O4/c1-14-5-9-18(10-6-14)25-16(3)21(15(2)24-25)23-20(26)13-29-22(27)17-7-11-19(28-4)12-8-17/h5-12H,13H2,1-4H3,(H,23,26). The third kappa shape index (κ3) is 4.63. The molecule has 7 nitrogen and oxygen atoms in total. The number of aromatic nitrogens is 2. The Bertz CT molecular complexity index is 1020. The minimum Gasteiger partial charge on any atom is -0.497 e. The number of hydrogen-bond acceptors (Lipinski definition) is 5. The van der Waals surface area contributed by atoms with Gasteiger partial charge in [-0.2, -0.15) is 5.10 Å². The van der Waals surface area contributed by atoms with Crippen LogP contribution in [0.15, 0.2) is 48.5 Å². The van der Waals surface area contributed by atoms with Gasteiger partial charge < -0.3 is 14.8 Å². The number of rotatable bonds is 6. The number of nitrogens with zero attached hydrogens (tertiary/aromatic N) is 2. The number of ether oxygens (including phenoxy) is 2. The summed E-state index contributed by atoms with van der Waals surface area (Å²) in [4.78, 5) is 24.4. The molecule has 0 spiro atoms. The van der Waals surface area contributed by atoms with Crippen molar-refractivity contribution in [3.05, 3.63) is 71.0 Å². The molecule has 0 aliphatic rings. The average molecular weight is 393 g/mol. The molecule has 0 atom stereocenters. The molecule has 0 saturated heterocycles. The van der Waals surface area contributed by atoms with Gasteiger partial charge in [-0.3, -0.25) is 4.79 Å². The summed E-state index contributed by atoms with van der Waals surface area (Å²) < 4.78 is 11.9. The molecule has 2 aromatic carbocycles. The highest BCUT2D eigenvalue weighted by Gasteiger charge is 2.17. The van der Waals surface area contributed by atoms with Crippen LogP contribution in [-0.4, -0.2) is 35.4 Å². The van der Waals surface area contributed by atoms with E-state index >= 15 is 0 Å². The van der Waals surface area contributed by atoms with E-state index in [0.717, 1.165) is 16.9 Å². The number of hydrogen-bond donors (Lipinski definition) is 1. The van der Waals surface area contributed by atoms with Gasteiger partial charge in [0.1, 0.15) is 5.75 Å². The van der Waals surface area contributed by atoms with Crippen molar-refractivity contribution >= 4 is 17.6 Å². The van der Waals surface area contributed by atoms with Crippen LogP contribution in [0.2, 0.25) is 0 Å². The zero-order valence-corrected chi connectivity index (χ0v) is 16.9. The number of carbonyl (C=O) groups is 2. The summed E-state index contributed by atoms with van der Waals surface area (Å²) in [5.74, 6) is -0.371. The van der Waals surface area contributed by atoms with Crippen molar-refractivity contribution in [2.24, 2.45) is 0 Å². The van der Waals surface area contributed by atoms with E-state index < -0.39 is 11.9 Å². The SMILES string of the molecule is COc1ccc(C(=O)OCC(=O)Nc2c(C)nn(-c3ccc(C)cc3)c2C)cc1. The van der Waals surface area contributed by atoms with Crippen molar-refractivity contribution in [2.75, 3.05) is 19.0 Å². The largest absolute Gasteiger partial charge is 0.497 e. The molecule has 3 rings (SSSR count). The number of anilines is 1. The van der Waals surface area contributed by atoms with Crippen molar-refractivity contribution < 1.29 is 19.1 Å². The topological polar surface area (TPSA) is 82.4 Å². The summed E-state index contributed by atoms with van der Waals surface area (Å²) in [6, 6.07) is 14.4. The van der Waals surface area contributed by atoms with Crippen LogP contribution in [0, 0.1) is 20.8 Å². The molecule has 1 N–H and O–H groups in total. The lowest BCUT2D eigenvalue weighted by Crippen LogP contribution is -2.21. The van der Waals surface area contributed by atoms with Crippen molar-refractivity contribution in [1.82, 2.24) is 9.78 Å². The first-order valence-corrected chi connectivity index (χ1v) is 9.13. The first kappa shape index (κ1) is 20.1. The van der Waals surface area contributed by atoms with Crippen molar-refractivity contribution in [1.29, 1.82) is 0 Å². The molecule has 0 aliphatic heterocycles. The zero-order valence-electron chi connectivity index (χ0n) is 16.9. The lowest BCUT2D eigenvalue weighted by Gasteiger charge is -2.08. The second-order valence-electron chi connectivity index (χ2n) is 6.65. The number of esters is 1. The van der Waals surface area contributed by atoms with E-state index in [4.69, 9.17) is 9.47 Å². The van der Waals surface area contributed by atoms with Crippen molar-refractivity contribution in [2.45, 2.75) is 20.8 Å². The van der Waals surface area contributed by atoms with E-state index in [-0.39, 0.29) is 6.61 Å². The second-order valence-corrected chi connectivity index (χ2v) is 6.65. The van der Waals surface area contributed by atoms with Gasteiger partial charge in [0.15, 0.2) is 6.61 Å². The van der Waals surface area contributed by atoms with Gasteiger partial charge in [-0.15, -0.1) is 0 Å². The van der Waals surface area contributed by atoms with Gasteiger partial charge in [0, 0.05) is 0 Å². The Labute approximate surface area is 169 Å². The van der Waals surface area contributed by atoms with Gasteiger partial charge >= 0.3 is 5.97 Å². The van der Waals surface area contributed by atoms with Gasteiger partial charge in [0.05, 0.1) is 35.4 Å². The normalized spacial score (nSPS) is 10.5. The van der Waals surface area contributed by atoms with E-state index in [9.17, 15) is 9.59 Å². The average Bonchev–Trinajstić information content (AvgIpc) is 3.01. The predicted octanol–water partition coefficient (Wildman–Crippen LogP) is 3.60. The first-order chi connectivity index (χ1) is 13.9. The van der Waals surface area contributed by atoms with Crippen LogP contribution in [0.1, 0.15) is 27.3 Å². The molecule has 0 saturated carbocycles.